The van der Waals surface area contributed by atoms with Gasteiger partial charge in [0.15, 0.2) is 0 Å². The number of nitrogens with zero attached hydrogens (tertiary/aromatic N) is 1. The first-order chi connectivity index (χ1) is 6.44. The SMILES string of the molecule is CC(C)(C)OC(=O)N1CC2CC(C1)N2. The first kappa shape index (κ1) is 9.77. The molecule has 4 heteroatoms. The molecule has 0 aliphatic carbocycles. The van der Waals surface area contributed by atoms with Crippen molar-refractivity contribution in [3.8, 4) is 0 Å². The van der Waals surface area contributed by atoms with E-state index in [4.69, 9.17) is 4.74 Å². The van der Waals surface area contributed by atoms with E-state index in [1.807, 2.05) is 20.8 Å². The molecule has 0 aromatic carbocycles. The summed E-state index contributed by atoms with van der Waals surface area (Å²) in [5, 5.41) is 3.38. The molecular formula is C10H18N2O2. The fourth-order valence-electron chi connectivity index (χ4n) is 1.99. The second kappa shape index (κ2) is 3.12. The topological polar surface area (TPSA) is 41.6 Å². The first-order valence-electron chi connectivity index (χ1n) is 5.18. The molecule has 2 unspecified atom stereocenters. The van der Waals surface area contributed by atoms with Crippen LogP contribution in [0.2, 0.25) is 0 Å². The number of carbonyl (C=O) groups is 1. The van der Waals surface area contributed by atoms with Crippen molar-refractivity contribution in [2.45, 2.75) is 44.9 Å². The van der Waals surface area contributed by atoms with Crippen LogP contribution in [0.5, 0.6) is 0 Å². The highest BCUT2D eigenvalue weighted by atomic mass is 16.6. The van der Waals surface area contributed by atoms with E-state index >= 15 is 0 Å². The molecule has 0 spiro atoms. The van der Waals surface area contributed by atoms with Crippen molar-refractivity contribution in [1.82, 2.24) is 10.2 Å². The Bertz CT molecular complexity index is 231. The second-order valence-electron chi connectivity index (χ2n) is 5.18. The van der Waals surface area contributed by atoms with E-state index < -0.39 is 0 Å². The average molecular weight is 198 g/mol. The van der Waals surface area contributed by atoms with Crippen LogP contribution in [0.4, 0.5) is 4.79 Å². The van der Waals surface area contributed by atoms with Crippen LogP contribution in [0.15, 0.2) is 0 Å². The summed E-state index contributed by atoms with van der Waals surface area (Å²) >= 11 is 0. The predicted molar refractivity (Wildman–Crippen MR) is 53.1 cm³/mol. The Balaban J connectivity index is 1.86. The number of piperidine rings is 1. The lowest BCUT2D eigenvalue weighted by atomic mass is 9.92. The molecule has 3 saturated heterocycles. The molecule has 14 heavy (non-hydrogen) atoms. The first-order valence-corrected chi connectivity index (χ1v) is 5.18. The molecule has 2 atom stereocenters. The second-order valence-corrected chi connectivity index (χ2v) is 5.18. The molecule has 0 saturated carbocycles. The summed E-state index contributed by atoms with van der Waals surface area (Å²) in [5.74, 6) is 0. The number of fused-ring (bicyclic) bond motifs is 2. The highest BCUT2D eigenvalue weighted by molar-refractivity contribution is 5.68. The number of ether oxygens (including phenoxy) is 1. The maximum absolute atomic E-state index is 11.7. The zero-order chi connectivity index (χ0) is 10.3. The summed E-state index contributed by atoms with van der Waals surface area (Å²) < 4.78 is 5.31. The molecule has 3 rings (SSSR count). The fourth-order valence-corrected chi connectivity index (χ4v) is 1.99. The van der Waals surface area contributed by atoms with Crippen molar-refractivity contribution in [3.63, 3.8) is 0 Å². The van der Waals surface area contributed by atoms with Crippen LogP contribution in [-0.4, -0.2) is 41.8 Å². The van der Waals surface area contributed by atoms with Crippen molar-refractivity contribution in [2.24, 2.45) is 0 Å². The standard InChI is InChI=1S/C10H18N2O2/c1-10(2,3)14-9(13)12-5-7-4-8(6-12)11-7/h7-8,11H,4-6H2,1-3H3. The van der Waals surface area contributed by atoms with Crippen LogP contribution in [0.25, 0.3) is 0 Å². The fraction of sp³-hybridized carbons (Fsp3) is 0.900. The molecule has 0 aromatic rings. The Labute approximate surface area is 84.6 Å². The molecular weight excluding hydrogens is 180 g/mol. The number of hydrogen-bond acceptors (Lipinski definition) is 3. The molecule has 3 aliphatic rings. The van der Waals surface area contributed by atoms with E-state index in [1.54, 1.807) is 4.90 Å². The molecule has 0 aromatic heterocycles. The maximum Gasteiger partial charge on any atom is 0.410 e. The smallest absolute Gasteiger partial charge is 0.410 e. The largest absolute Gasteiger partial charge is 0.444 e. The molecule has 0 radical (unpaired) electrons. The van der Waals surface area contributed by atoms with Gasteiger partial charge in [-0.25, -0.2) is 4.79 Å². The van der Waals surface area contributed by atoms with Crippen LogP contribution in [0, 0.1) is 0 Å². The van der Waals surface area contributed by atoms with Gasteiger partial charge < -0.3 is 15.0 Å². The Kier molecular flexibility index (Phi) is 2.18. The zero-order valence-electron chi connectivity index (χ0n) is 9.04. The van der Waals surface area contributed by atoms with Crippen molar-refractivity contribution in [1.29, 1.82) is 0 Å². The Morgan fingerprint density at radius 3 is 2.29 bits per heavy atom. The number of rotatable bonds is 0. The molecule has 80 valence electrons. The zero-order valence-corrected chi connectivity index (χ0v) is 9.04. The summed E-state index contributed by atoms with van der Waals surface area (Å²) in [6, 6.07) is 1.00. The van der Waals surface area contributed by atoms with Gasteiger partial charge in [-0.3, -0.25) is 0 Å². The Morgan fingerprint density at radius 1 is 1.36 bits per heavy atom. The molecule has 3 fully saturated rings. The molecule has 3 heterocycles. The minimum absolute atomic E-state index is 0.172. The number of piperazine rings is 1. The summed E-state index contributed by atoms with van der Waals surface area (Å²) in [7, 11) is 0. The molecule has 1 amide bonds. The van der Waals surface area contributed by atoms with Crippen molar-refractivity contribution in [2.75, 3.05) is 13.1 Å². The van der Waals surface area contributed by atoms with E-state index in [0.717, 1.165) is 13.1 Å². The summed E-state index contributed by atoms with van der Waals surface area (Å²) in [6.07, 6.45) is 1.04. The van der Waals surface area contributed by atoms with Crippen LogP contribution < -0.4 is 5.32 Å². The van der Waals surface area contributed by atoms with Gasteiger partial charge in [0.2, 0.25) is 0 Å². The van der Waals surface area contributed by atoms with Crippen molar-refractivity contribution in [3.05, 3.63) is 0 Å². The number of hydrogen-bond donors (Lipinski definition) is 1. The van der Waals surface area contributed by atoms with Gasteiger partial charge >= 0.3 is 6.09 Å². The molecule has 3 aliphatic heterocycles. The van der Waals surface area contributed by atoms with E-state index in [-0.39, 0.29) is 11.7 Å². The monoisotopic (exact) mass is 198 g/mol. The highest BCUT2D eigenvalue weighted by Crippen LogP contribution is 2.22. The lowest BCUT2D eigenvalue weighted by molar-refractivity contribution is 0.00109. The summed E-state index contributed by atoms with van der Waals surface area (Å²) in [5.41, 5.74) is -0.383. The molecule has 1 N–H and O–H groups in total. The normalized spacial score (nSPS) is 30.9. The summed E-state index contributed by atoms with van der Waals surface area (Å²) in [4.78, 5) is 13.5. The van der Waals surface area contributed by atoms with Gasteiger partial charge in [0.25, 0.3) is 0 Å². The van der Waals surface area contributed by atoms with E-state index in [9.17, 15) is 4.79 Å². The van der Waals surface area contributed by atoms with Crippen molar-refractivity contribution >= 4 is 6.09 Å². The quantitative estimate of drug-likeness (QED) is 0.630. The predicted octanol–water partition coefficient (Wildman–Crippen LogP) is 0.968. The van der Waals surface area contributed by atoms with Crippen LogP contribution in [0.1, 0.15) is 27.2 Å². The van der Waals surface area contributed by atoms with Gasteiger partial charge in [-0.05, 0) is 27.2 Å². The summed E-state index contributed by atoms with van der Waals surface area (Å²) in [6.45, 7) is 7.28. The Morgan fingerprint density at radius 2 is 1.86 bits per heavy atom. The van der Waals surface area contributed by atoms with E-state index in [0.29, 0.717) is 12.1 Å². The van der Waals surface area contributed by atoms with Gasteiger partial charge in [0.05, 0.1) is 0 Å². The van der Waals surface area contributed by atoms with Crippen LogP contribution in [0.3, 0.4) is 0 Å². The van der Waals surface area contributed by atoms with Crippen LogP contribution in [-0.2, 0) is 4.74 Å². The number of nitrogens with one attached hydrogen (secondary N) is 1. The Hall–Kier alpha value is -0.770. The molecule has 4 nitrogen and oxygen atoms in total. The third-order valence-electron chi connectivity index (χ3n) is 2.57. The average Bonchev–Trinajstić information content (AvgIpc) is 2.00. The number of carbonyl (C=O) groups excluding carboxylic acids is 1. The van der Waals surface area contributed by atoms with Crippen LogP contribution >= 0.6 is 0 Å². The minimum atomic E-state index is -0.383. The maximum atomic E-state index is 11.7. The van der Waals surface area contributed by atoms with E-state index in [2.05, 4.69) is 5.32 Å². The lowest BCUT2D eigenvalue weighted by Crippen LogP contribution is -2.67. The van der Waals surface area contributed by atoms with E-state index in [1.165, 1.54) is 6.42 Å². The third kappa shape index (κ3) is 2.00. The highest BCUT2D eigenvalue weighted by Gasteiger charge is 2.39. The van der Waals surface area contributed by atoms with Gasteiger partial charge in [-0.1, -0.05) is 0 Å². The van der Waals surface area contributed by atoms with Gasteiger partial charge in [-0.15, -0.1) is 0 Å². The van der Waals surface area contributed by atoms with Gasteiger partial charge in [-0.2, -0.15) is 0 Å². The number of amides is 1. The van der Waals surface area contributed by atoms with Gasteiger partial charge in [0.1, 0.15) is 5.60 Å². The lowest BCUT2D eigenvalue weighted by Gasteiger charge is -2.48. The minimum Gasteiger partial charge on any atom is -0.444 e. The third-order valence-corrected chi connectivity index (χ3v) is 2.57. The molecule has 2 bridgehead atoms. The van der Waals surface area contributed by atoms with Gasteiger partial charge in [0, 0.05) is 25.2 Å². The van der Waals surface area contributed by atoms with Crippen molar-refractivity contribution < 1.29 is 9.53 Å².